The van der Waals surface area contributed by atoms with Crippen LogP contribution in [0.5, 0.6) is 0 Å². The normalized spacial score (nSPS) is 10.8. The smallest absolute Gasteiger partial charge is 0.255 e. The highest BCUT2D eigenvalue weighted by molar-refractivity contribution is 9.10. The van der Waals surface area contributed by atoms with Crippen LogP contribution in [0.1, 0.15) is 69.8 Å². The fraction of sp³-hybridized carbons (Fsp3) is 0.423. The SMILES string of the molecule is C=CC.CC.CCCC(CC)N(C)Cc1ccc(NC(=O)c2cccc(Br)c2)cc1. The molecule has 0 fully saturated rings. The van der Waals surface area contributed by atoms with Crippen molar-refractivity contribution >= 4 is 27.5 Å². The number of carbonyl (C=O) groups excluding carboxylic acids is 1. The molecule has 2 aromatic rings. The zero-order valence-corrected chi connectivity index (χ0v) is 21.1. The van der Waals surface area contributed by atoms with Gasteiger partial charge in [-0.1, -0.05) is 74.3 Å². The van der Waals surface area contributed by atoms with Gasteiger partial charge in [0, 0.05) is 28.3 Å². The zero-order chi connectivity index (χ0) is 22.9. The van der Waals surface area contributed by atoms with Gasteiger partial charge in [-0.3, -0.25) is 9.69 Å². The number of anilines is 1. The molecule has 166 valence electrons. The number of rotatable bonds is 8. The molecule has 0 aliphatic heterocycles. The summed E-state index contributed by atoms with van der Waals surface area (Å²) in [5.41, 5.74) is 2.72. The molecule has 2 aromatic carbocycles. The Hall–Kier alpha value is -1.91. The van der Waals surface area contributed by atoms with Gasteiger partial charge in [0.1, 0.15) is 0 Å². The van der Waals surface area contributed by atoms with Gasteiger partial charge < -0.3 is 5.32 Å². The first-order valence-electron chi connectivity index (χ1n) is 10.9. The summed E-state index contributed by atoms with van der Waals surface area (Å²) in [5.74, 6) is -0.0971. The second-order valence-corrected chi connectivity index (χ2v) is 7.75. The van der Waals surface area contributed by atoms with Crippen molar-refractivity contribution in [3.63, 3.8) is 0 Å². The lowest BCUT2D eigenvalue weighted by Gasteiger charge is -2.27. The highest BCUT2D eigenvalue weighted by atomic mass is 79.9. The minimum atomic E-state index is -0.0971. The lowest BCUT2D eigenvalue weighted by molar-refractivity contribution is 0.102. The molecule has 0 bridgehead atoms. The third kappa shape index (κ3) is 10.7. The molecular formula is C26H39BrN2O. The van der Waals surface area contributed by atoms with Crippen LogP contribution in [0, 0.1) is 0 Å². The molecule has 0 aliphatic carbocycles. The molecule has 1 atom stereocenters. The van der Waals surface area contributed by atoms with E-state index in [0.717, 1.165) is 16.7 Å². The minimum Gasteiger partial charge on any atom is -0.322 e. The molecule has 0 aromatic heterocycles. The van der Waals surface area contributed by atoms with Crippen LogP contribution in [-0.4, -0.2) is 23.9 Å². The van der Waals surface area contributed by atoms with Gasteiger partial charge >= 0.3 is 0 Å². The standard InChI is InChI=1S/C21H27BrN2O.C3H6.C2H6/c1-4-7-20(5-2)24(3)15-16-10-12-19(13-11-16)23-21(25)17-8-6-9-18(22)14-17;1-3-2;1-2/h6,8-14,20H,4-5,7,15H2,1-3H3,(H,23,25);3H,1H2,2H3;1-2H3. The van der Waals surface area contributed by atoms with Crippen LogP contribution in [0.3, 0.4) is 0 Å². The van der Waals surface area contributed by atoms with E-state index >= 15 is 0 Å². The predicted molar refractivity (Wildman–Crippen MR) is 136 cm³/mol. The van der Waals surface area contributed by atoms with E-state index in [9.17, 15) is 4.79 Å². The monoisotopic (exact) mass is 474 g/mol. The molecule has 4 heteroatoms. The molecule has 1 unspecified atom stereocenters. The van der Waals surface area contributed by atoms with Crippen LogP contribution < -0.4 is 5.32 Å². The van der Waals surface area contributed by atoms with Crippen LogP contribution in [0.15, 0.2) is 65.7 Å². The van der Waals surface area contributed by atoms with E-state index in [0.29, 0.717) is 11.6 Å². The molecule has 2 rings (SSSR count). The number of hydrogen-bond donors (Lipinski definition) is 1. The summed E-state index contributed by atoms with van der Waals surface area (Å²) in [5, 5.41) is 2.95. The average molecular weight is 476 g/mol. The minimum absolute atomic E-state index is 0.0971. The number of allylic oxidation sites excluding steroid dienone is 1. The second kappa shape index (κ2) is 16.8. The van der Waals surface area contributed by atoms with Gasteiger partial charge in [-0.25, -0.2) is 0 Å². The van der Waals surface area contributed by atoms with E-state index in [1.165, 1.54) is 24.8 Å². The van der Waals surface area contributed by atoms with E-state index in [2.05, 4.69) is 65.8 Å². The van der Waals surface area contributed by atoms with Crippen molar-refractivity contribution in [1.82, 2.24) is 4.90 Å². The third-order valence-corrected chi connectivity index (χ3v) is 4.94. The molecule has 0 saturated heterocycles. The Labute approximate surface area is 192 Å². The van der Waals surface area contributed by atoms with E-state index < -0.39 is 0 Å². The fourth-order valence-electron chi connectivity index (χ4n) is 3.01. The van der Waals surface area contributed by atoms with Gasteiger partial charge in [0.2, 0.25) is 0 Å². The molecular weight excluding hydrogens is 436 g/mol. The summed E-state index contributed by atoms with van der Waals surface area (Å²) in [6.45, 7) is 14.7. The molecule has 0 aliphatic rings. The van der Waals surface area contributed by atoms with Gasteiger partial charge in [0.25, 0.3) is 5.91 Å². The van der Waals surface area contributed by atoms with Crippen molar-refractivity contribution in [2.75, 3.05) is 12.4 Å². The number of benzene rings is 2. The molecule has 3 nitrogen and oxygen atoms in total. The Morgan fingerprint density at radius 1 is 1.17 bits per heavy atom. The molecule has 0 spiro atoms. The number of nitrogens with one attached hydrogen (secondary N) is 1. The lowest BCUT2D eigenvalue weighted by atomic mass is 10.1. The van der Waals surface area contributed by atoms with Crippen molar-refractivity contribution < 1.29 is 4.79 Å². The highest BCUT2D eigenvalue weighted by Crippen LogP contribution is 2.17. The largest absolute Gasteiger partial charge is 0.322 e. The summed E-state index contributed by atoms with van der Waals surface area (Å²) < 4.78 is 0.899. The number of nitrogens with zero attached hydrogens (tertiary/aromatic N) is 1. The van der Waals surface area contributed by atoms with Crippen molar-refractivity contribution in [1.29, 1.82) is 0 Å². The van der Waals surface area contributed by atoms with Gasteiger partial charge in [-0.15, -0.1) is 6.58 Å². The first-order valence-corrected chi connectivity index (χ1v) is 11.7. The maximum absolute atomic E-state index is 12.3. The van der Waals surface area contributed by atoms with E-state index in [1.54, 1.807) is 6.08 Å². The van der Waals surface area contributed by atoms with Crippen molar-refractivity contribution in [2.45, 2.75) is 66.5 Å². The highest BCUT2D eigenvalue weighted by Gasteiger charge is 2.12. The van der Waals surface area contributed by atoms with Gasteiger partial charge in [0.15, 0.2) is 0 Å². The first kappa shape index (κ1) is 28.1. The van der Waals surface area contributed by atoms with Crippen LogP contribution in [-0.2, 0) is 6.54 Å². The first-order chi connectivity index (χ1) is 14.4. The van der Waals surface area contributed by atoms with Crippen LogP contribution in [0.2, 0.25) is 0 Å². The summed E-state index contributed by atoms with van der Waals surface area (Å²) in [7, 11) is 2.19. The number of hydrogen-bond acceptors (Lipinski definition) is 2. The Kier molecular flexibility index (Phi) is 15.8. The Morgan fingerprint density at radius 3 is 2.27 bits per heavy atom. The molecule has 30 heavy (non-hydrogen) atoms. The van der Waals surface area contributed by atoms with Crippen molar-refractivity contribution in [2.24, 2.45) is 0 Å². The maximum atomic E-state index is 12.3. The lowest BCUT2D eigenvalue weighted by Crippen LogP contribution is -2.30. The second-order valence-electron chi connectivity index (χ2n) is 6.84. The van der Waals surface area contributed by atoms with Gasteiger partial charge in [0.05, 0.1) is 0 Å². The molecule has 1 amide bonds. The quantitative estimate of drug-likeness (QED) is 0.393. The number of carbonyl (C=O) groups is 1. The van der Waals surface area contributed by atoms with Crippen molar-refractivity contribution in [3.8, 4) is 0 Å². The number of amides is 1. The molecule has 1 N–H and O–H groups in total. The predicted octanol–water partition coefficient (Wildman–Crippen LogP) is 7.93. The van der Waals surface area contributed by atoms with E-state index in [1.807, 2.05) is 57.2 Å². The third-order valence-electron chi connectivity index (χ3n) is 4.45. The summed E-state index contributed by atoms with van der Waals surface area (Å²) in [6, 6.07) is 16.1. The van der Waals surface area contributed by atoms with Gasteiger partial charge in [-0.2, -0.15) is 0 Å². The summed E-state index contributed by atoms with van der Waals surface area (Å²) in [4.78, 5) is 14.7. The van der Waals surface area contributed by atoms with Gasteiger partial charge in [-0.05, 0) is 62.7 Å². The number of halogens is 1. The van der Waals surface area contributed by atoms with E-state index in [-0.39, 0.29) is 5.91 Å². The Bertz CT molecular complexity index is 728. The topological polar surface area (TPSA) is 32.3 Å². The van der Waals surface area contributed by atoms with Crippen LogP contribution >= 0.6 is 15.9 Å². The zero-order valence-electron chi connectivity index (χ0n) is 19.5. The Balaban J connectivity index is 0.00000154. The van der Waals surface area contributed by atoms with Crippen LogP contribution in [0.4, 0.5) is 5.69 Å². The van der Waals surface area contributed by atoms with Crippen LogP contribution in [0.25, 0.3) is 0 Å². The van der Waals surface area contributed by atoms with Crippen molar-refractivity contribution in [3.05, 3.63) is 76.8 Å². The maximum Gasteiger partial charge on any atom is 0.255 e. The molecule has 0 radical (unpaired) electrons. The fourth-order valence-corrected chi connectivity index (χ4v) is 3.41. The Morgan fingerprint density at radius 2 is 1.77 bits per heavy atom. The molecule has 0 heterocycles. The summed E-state index contributed by atoms with van der Waals surface area (Å²) >= 11 is 3.39. The molecule has 0 saturated carbocycles. The van der Waals surface area contributed by atoms with E-state index in [4.69, 9.17) is 0 Å². The average Bonchev–Trinajstić information content (AvgIpc) is 2.75. The summed E-state index contributed by atoms with van der Waals surface area (Å²) in [6.07, 6.45) is 5.36.